The second kappa shape index (κ2) is 7.10. The Hall–Kier alpha value is -1.31. The van der Waals surface area contributed by atoms with Gasteiger partial charge in [0.15, 0.2) is 0 Å². The highest BCUT2D eigenvalue weighted by atomic mass is 127. The number of benzene rings is 1. The van der Waals surface area contributed by atoms with Crippen molar-refractivity contribution in [2.24, 2.45) is 0 Å². The van der Waals surface area contributed by atoms with Gasteiger partial charge < -0.3 is 15.4 Å². The molecule has 0 heterocycles. The van der Waals surface area contributed by atoms with Crippen LogP contribution in [0.15, 0.2) is 24.3 Å². The minimum atomic E-state index is -0.535. The number of carbonyl (C=O) groups is 2. The molecule has 17 heavy (non-hydrogen) atoms. The number of hydrogen-bond donors (Lipinski definition) is 2. The summed E-state index contributed by atoms with van der Waals surface area (Å²) >= 11 is 2.14. The number of ether oxygens (including phenoxy) is 1. The first-order valence-electron chi connectivity index (χ1n) is 4.99. The van der Waals surface area contributed by atoms with Crippen molar-refractivity contribution in [3.8, 4) is 0 Å². The number of halogens is 1. The van der Waals surface area contributed by atoms with Crippen LogP contribution in [0.2, 0.25) is 0 Å². The van der Waals surface area contributed by atoms with Crippen molar-refractivity contribution in [3.05, 3.63) is 27.8 Å². The van der Waals surface area contributed by atoms with E-state index in [1.54, 1.807) is 0 Å². The van der Waals surface area contributed by atoms with Gasteiger partial charge in [0.2, 0.25) is 5.91 Å². The number of carbonyl (C=O) groups excluding carboxylic acids is 2. The third kappa shape index (κ3) is 5.03. The van der Waals surface area contributed by atoms with Gasteiger partial charge in [-0.15, -0.1) is 0 Å². The van der Waals surface area contributed by atoms with Crippen molar-refractivity contribution in [2.75, 3.05) is 19.0 Å². The zero-order valence-corrected chi connectivity index (χ0v) is 11.5. The Labute approximate surface area is 113 Å². The third-order valence-corrected chi connectivity index (χ3v) is 2.90. The second-order valence-corrected chi connectivity index (χ2v) is 4.36. The first-order chi connectivity index (χ1) is 8.13. The van der Waals surface area contributed by atoms with Crippen molar-refractivity contribution < 1.29 is 14.3 Å². The quantitative estimate of drug-likeness (QED) is 0.818. The monoisotopic (exact) mass is 348 g/mol. The summed E-state index contributed by atoms with van der Waals surface area (Å²) in [6, 6.07) is 7.48. The normalized spacial score (nSPS) is 9.53. The molecule has 2 N–H and O–H groups in total. The third-order valence-electron chi connectivity index (χ3n) is 1.95. The molecule has 0 atom stereocenters. The molecule has 0 aliphatic rings. The molecule has 0 bridgehead atoms. The molecule has 0 spiro atoms. The Morgan fingerprint density at radius 2 is 2.06 bits per heavy atom. The largest absolute Gasteiger partial charge is 0.453 e. The zero-order chi connectivity index (χ0) is 12.7. The fourth-order valence-corrected chi connectivity index (χ4v) is 1.65. The summed E-state index contributed by atoms with van der Waals surface area (Å²) in [6.45, 7) is 0.252. The maximum atomic E-state index is 11.5. The molecule has 1 rings (SSSR count). The minimum Gasteiger partial charge on any atom is -0.453 e. The van der Waals surface area contributed by atoms with Crippen molar-refractivity contribution in [1.82, 2.24) is 5.32 Å². The highest BCUT2D eigenvalue weighted by Crippen LogP contribution is 2.16. The van der Waals surface area contributed by atoms with E-state index in [2.05, 4.69) is 38.0 Å². The summed E-state index contributed by atoms with van der Waals surface area (Å²) in [6.07, 6.45) is -0.327. The van der Waals surface area contributed by atoms with Gasteiger partial charge in [-0.1, -0.05) is 12.1 Å². The standard InChI is InChI=1S/C11H13IN2O3/c1-17-11(16)13-7-6-10(15)14-9-5-3-2-4-8(9)12/h2-5H,6-7H2,1H3,(H,13,16)(H,14,15). The van der Waals surface area contributed by atoms with Gasteiger partial charge in [0, 0.05) is 16.5 Å². The fourth-order valence-electron chi connectivity index (χ4n) is 1.13. The van der Waals surface area contributed by atoms with Crippen molar-refractivity contribution in [1.29, 1.82) is 0 Å². The summed E-state index contributed by atoms with van der Waals surface area (Å²) in [5.74, 6) is -0.148. The van der Waals surface area contributed by atoms with E-state index in [0.717, 1.165) is 9.26 Å². The lowest BCUT2D eigenvalue weighted by Crippen LogP contribution is -2.27. The lowest BCUT2D eigenvalue weighted by atomic mass is 10.3. The molecule has 0 saturated heterocycles. The van der Waals surface area contributed by atoms with Crippen LogP contribution < -0.4 is 10.6 Å². The van der Waals surface area contributed by atoms with Crippen LogP contribution in [0, 0.1) is 3.57 Å². The number of nitrogens with one attached hydrogen (secondary N) is 2. The van der Waals surface area contributed by atoms with Crippen LogP contribution in [0.4, 0.5) is 10.5 Å². The average Bonchev–Trinajstić information content (AvgIpc) is 2.32. The number of methoxy groups -OCH3 is 1. The number of amides is 2. The highest BCUT2D eigenvalue weighted by molar-refractivity contribution is 14.1. The summed E-state index contributed by atoms with van der Waals surface area (Å²) in [4.78, 5) is 22.3. The predicted molar refractivity (Wildman–Crippen MR) is 72.8 cm³/mol. The Kier molecular flexibility index (Phi) is 5.75. The fraction of sp³-hybridized carbons (Fsp3) is 0.273. The number of hydrogen-bond acceptors (Lipinski definition) is 3. The minimum absolute atomic E-state index is 0.148. The lowest BCUT2D eigenvalue weighted by molar-refractivity contribution is -0.116. The molecular weight excluding hydrogens is 335 g/mol. The lowest BCUT2D eigenvalue weighted by Gasteiger charge is -2.07. The molecule has 0 fully saturated rings. The summed E-state index contributed by atoms with van der Waals surface area (Å²) in [7, 11) is 1.28. The van der Waals surface area contributed by atoms with E-state index in [-0.39, 0.29) is 18.9 Å². The van der Waals surface area contributed by atoms with Crippen LogP contribution in [0.25, 0.3) is 0 Å². The van der Waals surface area contributed by atoms with E-state index in [0.29, 0.717) is 0 Å². The SMILES string of the molecule is COC(=O)NCCC(=O)Nc1ccccc1I. The number of rotatable bonds is 4. The van der Waals surface area contributed by atoms with Crippen LogP contribution in [-0.4, -0.2) is 25.7 Å². The maximum Gasteiger partial charge on any atom is 0.406 e. The van der Waals surface area contributed by atoms with Gasteiger partial charge in [0.25, 0.3) is 0 Å². The molecular formula is C11H13IN2O3. The van der Waals surface area contributed by atoms with E-state index < -0.39 is 6.09 Å². The van der Waals surface area contributed by atoms with Crippen LogP contribution in [0.5, 0.6) is 0 Å². The molecule has 0 aliphatic carbocycles. The molecule has 0 aliphatic heterocycles. The molecule has 0 unspecified atom stereocenters. The number of alkyl carbamates (subject to hydrolysis) is 1. The van der Waals surface area contributed by atoms with E-state index in [4.69, 9.17) is 0 Å². The Bertz CT molecular complexity index is 409. The highest BCUT2D eigenvalue weighted by Gasteiger charge is 2.05. The summed E-state index contributed by atoms with van der Waals surface area (Å²) < 4.78 is 5.36. The molecule has 0 aromatic heterocycles. The van der Waals surface area contributed by atoms with Gasteiger partial charge in [0.05, 0.1) is 12.8 Å². The molecule has 1 aromatic carbocycles. The van der Waals surface area contributed by atoms with E-state index in [1.165, 1.54) is 7.11 Å². The number of para-hydroxylation sites is 1. The molecule has 0 radical (unpaired) electrons. The molecule has 5 nitrogen and oxygen atoms in total. The predicted octanol–water partition coefficient (Wildman–Crippen LogP) is 1.98. The Morgan fingerprint density at radius 1 is 1.35 bits per heavy atom. The van der Waals surface area contributed by atoms with Crippen LogP contribution in [-0.2, 0) is 9.53 Å². The Morgan fingerprint density at radius 3 is 2.71 bits per heavy atom. The van der Waals surface area contributed by atoms with E-state index in [9.17, 15) is 9.59 Å². The average molecular weight is 348 g/mol. The van der Waals surface area contributed by atoms with Crippen LogP contribution >= 0.6 is 22.6 Å². The van der Waals surface area contributed by atoms with Crippen molar-refractivity contribution in [2.45, 2.75) is 6.42 Å². The first kappa shape index (κ1) is 13.8. The van der Waals surface area contributed by atoms with Gasteiger partial charge in [-0.3, -0.25) is 4.79 Å². The van der Waals surface area contributed by atoms with Gasteiger partial charge in [-0.05, 0) is 34.7 Å². The van der Waals surface area contributed by atoms with E-state index in [1.807, 2.05) is 24.3 Å². The molecule has 1 aromatic rings. The molecule has 0 saturated carbocycles. The summed E-state index contributed by atoms with van der Waals surface area (Å²) in [5, 5.41) is 5.20. The van der Waals surface area contributed by atoms with Gasteiger partial charge >= 0.3 is 6.09 Å². The van der Waals surface area contributed by atoms with Crippen LogP contribution in [0.1, 0.15) is 6.42 Å². The second-order valence-electron chi connectivity index (χ2n) is 3.20. The van der Waals surface area contributed by atoms with Crippen molar-refractivity contribution in [3.63, 3.8) is 0 Å². The zero-order valence-electron chi connectivity index (χ0n) is 9.33. The smallest absolute Gasteiger partial charge is 0.406 e. The first-order valence-corrected chi connectivity index (χ1v) is 6.07. The van der Waals surface area contributed by atoms with Crippen molar-refractivity contribution >= 4 is 40.3 Å². The molecule has 92 valence electrons. The maximum absolute atomic E-state index is 11.5. The topological polar surface area (TPSA) is 67.4 Å². The number of anilines is 1. The van der Waals surface area contributed by atoms with Gasteiger partial charge in [-0.25, -0.2) is 4.79 Å². The van der Waals surface area contributed by atoms with Gasteiger partial charge in [0.1, 0.15) is 0 Å². The summed E-state index contributed by atoms with van der Waals surface area (Å²) in [5.41, 5.74) is 0.774. The molecule has 2 amide bonds. The van der Waals surface area contributed by atoms with E-state index >= 15 is 0 Å². The van der Waals surface area contributed by atoms with Crippen LogP contribution in [0.3, 0.4) is 0 Å². The Balaban J connectivity index is 2.35. The molecule has 6 heteroatoms. The van der Waals surface area contributed by atoms with Gasteiger partial charge in [-0.2, -0.15) is 0 Å².